The number of fused-ring (bicyclic) bond motifs is 1. The Morgan fingerprint density at radius 2 is 2.05 bits per heavy atom. The van der Waals surface area contributed by atoms with Crippen LogP contribution in [0, 0.1) is 13.8 Å². The van der Waals surface area contributed by atoms with Gasteiger partial charge >= 0.3 is 0 Å². The van der Waals surface area contributed by atoms with E-state index in [2.05, 4.69) is 48.7 Å². The van der Waals surface area contributed by atoms with Gasteiger partial charge in [-0.05, 0) is 56.7 Å². The molecule has 0 fully saturated rings. The first kappa shape index (κ1) is 13.4. The highest BCUT2D eigenvalue weighted by Crippen LogP contribution is 2.32. The van der Waals surface area contributed by atoms with Crippen LogP contribution in [0.15, 0.2) is 30.3 Å². The molecular formula is C18H23NO. The standard InChI is InChI=1S/C18H23NO/c1-13-6-3-4-7-15(13)10-11-19-14(2)12-16-17(19)8-5-9-18(16)20/h3-4,6-7,12,18,20H,5,8-11H2,1-2H3. The quantitative estimate of drug-likeness (QED) is 0.902. The zero-order valence-electron chi connectivity index (χ0n) is 12.4. The zero-order valence-corrected chi connectivity index (χ0v) is 12.4. The molecule has 1 aromatic carbocycles. The molecular weight excluding hydrogens is 246 g/mol. The Balaban J connectivity index is 1.83. The van der Waals surface area contributed by atoms with Crippen molar-refractivity contribution < 1.29 is 5.11 Å². The molecule has 1 aromatic heterocycles. The number of benzene rings is 1. The molecule has 2 nitrogen and oxygen atoms in total. The first-order valence-corrected chi connectivity index (χ1v) is 7.58. The average Bonchev–Trinajstić information content (AvgIpc) is 2.76. The van der Waals surface area contributed by atoms with Crippen LogP contribution in [0.2, 0.25) is 0 Å². The van der Waals surface area contributed by atoms with E-state index in [0.29, 0.717) is 0 Å². The fourth-order valence-corrected chi connectivity index (χ4v) is 3.38. The lowest BCUT2D eigenvalue weighted by atomic mass is 9.95. The van der Waals surface area contributed by atoms with Gasteiger partial charge < -0.3 is 9.67 Å². The van der Waals surface area contributed by atoms with Crippen LogP contribution in [0.3, 0.4) is 0 Å². The summed E-state index contributed by atoms with van der Waals surface area (Å²) in [5.41, 5.74) is 6.59. The van der Waals surface area contributed by atoms with Crippen LogP contribution in [0.1, 0.15) is 47.0 Å². The molecule has 2 heteroatoms. The number of aromatic nitrogens is 1. The van der Waals surface area contributed by atoms with Crippen molar-refractivity contribution in [3.05, 3.63) is 58.4 Å². The van der Waals surface area contributed by atoms with Gasteiger partial charge in [-0.25, -0.2) is 0 Å². The van der Waals surface area contributed by atoms with Crippen LogP contribution in [-0.2, 0) is 19.4 Å². The Morgan fingerprint density at radius 3 is 2.85 bits per heavy atom. The molecule has 0 saturated carbocycles. The molecule has 1 heterocycles. The van der Waals surface area contributed by atoms with E-state index in [1.807, 2.05) is 0 Å². The van der Waals surface area contributed by atoms with E-state index in [1.165, 1.54) is 28.1 Å². The van der Waals surface area contributed by atoms with Gasteiger partial charge in [0.25, 0.3) is 0 Å². The first-order valence-electron chi connectivity index (χ1n) is 7.58. The number of hydrogen-bond donors (Lipinski definition) is 1. The van der Waals surface area contributed by atoms with Crippen molar-refractivity contribution in [2.24, 2.45) is 0 Å². The molecule has 3 rings (SSSR count). The van der Waals surface area contributed by atoms with Crippen molar-refractivity contribution in [2.75, 3.05) is 0 Å². The van der Waals surface area contributed by atoms with Crippen molar-refractivity contribution in [1.29, 1.82) is 0 Å². The predicted molar refractivity (Wildman–Crippen MR) is 81.9 cm³/mol. The summed E-state index contributed by atoms with van der Waals surface area (Å²) in [5.74, 6) is 0. The Morgan fingerprint density at radius 1 is 1.25 bits per heavy atom. The van der Waals surface area contributed by atoms with Crippen LogP contribution in [0.4, 0.5) is 0 Å². The van der Waals surface area contributed by atoms with E-state index >= 15 is 0 Å². The Hall–Kier alpha value is -1.54. The SMILES string of the molecule is Cc1ccccc1CCn1c(C)cc2c1CCCC2O. The molecule has 0 spiro atoms. The molecule has 0 radical (unpaired) electrons. The molecule has 1 N–H and O–H groups in total. The van der Waals surface area contributed by atoms with Crippen molar-refractivity contribution in [2.45, 2.75) is 52.2 Å². The summed E-state index contributed by atoms with van der Waals surface area (Å²) in [5, 5.41) is 10.1. The third kappa shape index (κ3) is 2.40. The lowest BCUT2D eigenvalue weighted by molar-refractivity contribution is 0.155. The summed E-state index contributed by atoms with van der Waals surface area (Å²) in [7, 11) is 0. The van der Waals surface area contributed by atoms with Crippen molar-refractivity contribution in [3.63, 3.8) is 0 Å². The van der Waals surface area contributed by atoms with E-state index in [9.17, 15) is 5.11 Å². The molecule has 2 aromatic rings. The minimum atomic E-state index is -0.253. The monoisotopic (exact) mass is 269 g/mol. The molecule has 0 aliphatic heterocycles. The average molecular weight is 269 g/mol. The second-order valence-corrected chi connectivity index (χ2v) is 5.92. The number of nitrogens with zero attached hydrogens (tertiary/aromatic N) is 1. The predicted octanol–water partition coefficient (Wildman–Crippen LogP) is 3.72. The second-order valence-electron chi connectivity index (χ2n) is 5.92. The minimum Gasteiger partial charge on any atom is -0.388 e. The molecule has 0 saturated heterocycles. The van der Waals surface area contributed by atoms with Gasteiger partial charge in [-0.15, -0.1) is 0 Å². The third-order valence-corrected chi connectivity index (χ3v) is 4.57. The molecule has 1 aliphatic carbocycles. The Labute approximate surface area is 121 Å². The highest BCUT2D eigenvalue weighted by Gasteiger charge is 2.22. The fourth-order valence-electron chi connectivity index (χ4n) is 3.38. The maximum Gasteiger partial charge on any atom is 0.0807 e. The first-order chi connectivity index (χ1) is 9.66. The normalized spacial score (nSPS) is 18.1. The van der Waals surface area contributed by atoms with Crippen LogP contribution in [-0.4, -0.2) is 9.67 Å². The summed E-state index contributed by atoms with van der Waals surface area (Å²) in [4.78, 5) is 0. The van der Waals surface area contributed by atoms with Gasteiger partial charge in [0.2, 0.25) is 0 Å². The number of aryl methyl sites for hydroxylation is 3. The van der Waals surface area contributed by atoms with Gasteiger partial charge in [0, 0.05) is 23.5 Å². The number of rotatable bonds is 3. The van der Waals surface area contributed by atoms with Gasteiger partial charge in [-0.2, -0.15) is 0 Å². The summed E-state index contributed by atoms with van der Waals surface area (Å²) >= 11 is 0. The molecule has 106 valence electrons. The molecule has 20 heavy (non-hydrogen) atoms. The zero-order chi connectivity index (χ0) is 14.1. The van der Waals surface area contributed by atoms with Gasteiger partial charge in [0.15, 0.2) is 0 Å². The lowest BCUT2D eigenvalue weighted by Crippen LogP contribution is -2.13. The number of aliphatic hydroxyl groups excluding tert-OH is 1. The molecule has 0 amide bonds. The van der Waals surface area contributed by atoms with Crippen molar-refractivity contribution in [1.82, 2.24) is 4.57 Å². The number of aliphatic hydroxyl groups is 1. The summed E-state index contributed by atoms with van der Waals surface area (Å²) in [6, 6.07) is 10.8. The number of hydrogen-bond acceptors (Lipinski definition) is 1. The van der Waals surface area contributed by atoms with Gasteiger partial charge in [-0.3, -0.25) is 0 Å². The van der Waals surface area contributed by atoms with Crippen LogP contribution < -0.4 is 0 Å². The molecule has 0 bridgehead atoms. The van der Waals surface area contributed by atoms with E-state index in [4.69, 9.17) is 0 Å². The molecule has 1 aliphatic rings. The highest BCUT2D eigenvalue weighted by atomic mass is 16.3. The van der Waals surface area contributed by atoms with Gasteiger partial charge in [0.05, 0.1) is 6.10 Å². The molecule has 1 atom stereocenters. The van der Waals surface area contributed by atoms with Crippen LogP contribution in [0.25, 0.3) is 0 Å². The summed E-state index contributed by atoms with van der Waals surface area (Å²) in [6.07, 6.45) is 3.92. The van der Waals surface area contributed by atoms with Gasteiger partial charge in [0.1, 0.15) is 0 Å². The molecule has 1 unspecified atom stereocenters. The smallest absolute Gasteiger partial charge is 0.0807 e. The van der Waals surface area contributed by atoms with Crippen LogP contribution in [0.5, 0.6) is 0 Å². The lowest BCUT2D eigenvalue weighted by Gasteiger charge is -2.20. The fraction of sp³-hybridized carbons (Fsp3) is 0.444. The minimum absolute atomic E-state index is 0.253. The van der Waals surface area contributed by atoms with Crippen LogP contribution >= 0.6 is 0 Å². The topological polar surface area (TPSA) is 25.2 Å². The summed E-state index contributed by atoms with van der Waals surface area (Å²) < 4.78 is 2.41. The highest BCUT2D eigenvalue weighted by molar-refractivity contribution is 5.32. The Kier molecular flexibility index (Phi) is 3.66. The largest absolute Gasteiger partial charge is 0.388 e. The van der Waals surface area contributed by atoms with Crippen molar-refractivity contribution >= 4 is 0 Å². The van der Waals surface area contributed by atoms with E-state index in [0.717, 1.165) is 32.2 Å². The van der Waals surface area contributed by atoms with Crippen molar-refractivity contribution in [3.8, 4) is 0 Å². The maximum absolute atomic E-state index is 10.1. The third-order valence-electron chi connectivity index (χ3n) is 4.57. The maximum atomic E-state index is 10.1. The van der Waals surface area contributed by atoms with E-state index in [1.54, 1.807) is 0 Å². The van der Waals surface area contributed by atoms with E-state index < -0.39 is 0 Å². The van der Waals surface area contributed by atoms with E-state index in [-0.39, 0.29) is 6.10 Å². The summed E-state index contributed by atoms with van der Waals surface area (Å²) in [6.45, 7) is 5.35. The Bertz CT molecular complexity index is 612. The second kappa shape index (κ2) is 5.45. The van der Waals surface area contributed by atoms with Gasteiger partial charge in [-0.1, -0.05) is 24.3 Å².